The smallest absolute Gasteiger partial charge is 0.245 e. The van der Waals surface area contributed by atoms with Crippen molar-refractivity contribution in [2.24, 2.45) is 5.92 Å². The SMILES string of the molecule is CCC1C(=O)NC(C)C(=O)N1CC1CCCCC1. The molecular formula is C14H24N2O2. The molecule has 1 aliphatic carbocycles. The fourth-order valence-electron chi connectivity index (χ4n) is 3.19. The summed E-state index contributed by atoms with van der Waals surface area (Å²) in [5.41, 5.74) is 0. The van der Waals surface area contributed by atoms with Gasteiger partial charge in [0.1, 0.15) is 12.1 Å². The topological polar surface area (TPSA) is 49.4 Å². The summed E-state index contributed by atoms with van der Waals surface area (Å²) in [4.78, 5) is 26.0. The van der Waals surface area contributed by atoms with Crippen LogP contribution < -0.4 is 5.32 Å². The molecule has 2 amide bonds. The summed E-state index contributed by atoms with van der Waals surface area (Å²) in [6.45, 7) is 4.52. The van der Waals surface area contributed by atoms with Crippen LogP contribution in [0.4, 0.5) is 0 Å². The van der Waals surface area contributed by atoms with Gasteiger partial charge in [0.15, 0.2) is 0 Å². The highest BCUT2D eigenvalue weighted by Gasteiger charge is 2.38. The van der Waals surface area contributed by atoms with Crippen LogP contribution in [-0.4, -0.2) is 35.3 Å². The van der Waals surface area contributed by atoms with Gasteiger partial charge >= 0.3 is 0 Å². The number of hydrogen-bond acceptors (Lipinski definition) is 2. The monoisotopic (exact) mass is 252 g/mol. The van der Waals surface area contributed by atoms with E-state index < -0.39 is 0 Å². The zero-order valence-electron chi connectivity index (χ0n) is 11.4. The number of nitrogens with zero attached hydrogens (tertiary/aromatic N) is 1. The molecule has 2 rings (SSSR count). The van der Waals surface area contributed by atoms with Crippen molar-refractivity contribution in [2.45, 2.75) is 64.5 Å². The Morgan fingerprint density at radius 1 is 1.22 bits per heavy atom. The largest absolute Gasteiger partial charge is 0.343 e. The molecule has 2 aliphatic rings. The Hall–Kier alpha value is -1.06. The molecule has 1 saturated carbocycles. The Balaban J connectivity index is 2.05. The molecular weight excluding hydrogens is 228 g/mol. The maximum absolute atomic E-state index is 12.2. The summed E-state index contributed by atoms with van der Waals surface area (Å²) in [5.74, 6) is 0.697. The second-order valence-corrected chi connectivity index (χ2v) is 5.65. The summed E-state index contributed by atoms with van der Waals surface area (Å²) in [7, 11) is 0. The number of carbonyl (C=O) groups excluding carboxylic acids is 2. The first-order valence-corrected chi connectivity index (χ1v) is 7.24. The maximum atomic E-state index is 12.2. The molecule has 0 aromatic heterocycles. The molecule has 2 atom stereocenters. The van der Waals surface area contributed by atoms with E-state index in [0.717, 1.165) is 6.54 Å². The predicted octanol–water partition coefficient (Wildman–Crippen LogP) is 1.69. The summed E-state index contributed by atoms with van der Waals surface area (Å²) in [6.07, 6.45) is 6.97. The Labute approximate surface area is 109 Å². The number of nitrogens with one attached hydrogen (secondary N) is 1. The number of amides is 2. The molecule has 4 nitrogen and oxygen atoms in total. The molecule has 1 N–H and O–H groups in total. The van der Waals surface area contributed by atoms with Crippen molar-refractivity contribution in [3.05, 3.63) is 0 Å². The lowest BCUT2D eigenvalue weighted by Gasteiger charge is -2.40. The third-order valence-electron chi connectivity index (χ3n) is 4.26. The van der Waals surface area contributed by atoms with Gasteiger partial charge in [0.25, 0.3) is 0 Å². The Bertz CT molecular complexity index is 324. The molecule has 2 fully saturated rings. The van der Waals surface area contributed by atoms with Crippen LogP contribution in [0.25, 0.3) is 0 Å². The fraction of sp³-hybridized carbons (Fsp3) is 0.857. The summed E-state index contributed by atoms with van der Waals surface area (Å²) in [5, 5.41) is 2.77. The number of rotatable bonds is 3. The third-order valence-corrected chi connectivity index (χ3v) is 4.26. The van der Waals surface area contributed by atoms with Crippen molar-refractivity contribution in [1.29, 1.82) is 0 Å². The number of piperazine rings is 1. The molecule has 0 aromatic rings. The maximum Gasteiger partial charge on any atom is 0.245 e. The van der Waals surface area contributed by atoms with Gasteiger partial charge in [0.2, 0.25) is 11.8 Å². The minimum absolute atomic E-state index is 0.0143. The minimum Gasteiger partial charge on any atom is -0.343 e. The highest BCUT2D eigenvalue weighted by atomic mass is 16.2. The van der Waals surface area contributed by atoms with Gasteiger partial charge in [0, 0.05) is 6.54 Å². The van der Waals surface area contributed by atoms with Gasteiger partial charge in [-0.15, -0.1) is 0 Å². The van der Waals surface area contributed by atoms with Crippen LogP contribution in [0, 0.1) is 5.92 Å². The van der Waals surface area contributed by atoms with Crippen LogP contribution in [0.3, 0.4) is 0 Å². The second-order valence-electron chi connectivity index (χ2n) is 5.65. The van der Waals surface area contributed by atoms with Crippen molar-refractivity contribution in [2.75, 3.05) is 6.54 Å². The van der Waals surface area contributed by atoms with E-state index in [-0.39, 0.29) is 23.9 Å². The van der Waals surface area contributed by atoms with Gasteiger partial charge in [-0.25, -0.2) is 0 Å². The lowest BCUT2D eigenvalue weighted by molar-refractivity contribution is -0.149. The van der Waals surface area contributed by atoms with Crippen LogP contribution in [0.15, 0.2) is 0 Å². The molecule has 0 aromatic carbocycles. The zero-order chi connectivity index (χ0) is 13.1. The average Bonchev–Trinajstić information content (AvgIpc) is 2.37. The molecule has 0 radical (unpaired) electrons. The molecule has 2 unspecified atom stereocenters. The van der Waals surface area contributed by atoms with Crippen LogP contribution in [0.5, 0.6) is 0 Å². The standard InChI is InChI=1S/C14H24N2O2/c1-3-12-13(17)15-10(2)14(18)16(12)9-11-7-5-4-6-8-11/h10-12H,3-9H2,1-2H3,(H,15,17). The van der Waals surface area contributed by atoms with Crippen molar-refractivity contribution >= 4 is 11.8 Å². The normalized spacial score (nSPS) is 30.4. The minimum atomic E-state index is -0.358. The van der Waals surface area contributed by atoms with Gasteiger partial charge in [-0.3, -0.25) is 9.59 Å². The van der Waals surface area contributed by atoms with Crippen LogP contribution in [-0.2, 0) is 9.59 Å². The number of carbonyl (C=O) groups is 2. The highest BCUT2D eigenvalue weighted by molar-refractivity contribution is 5.96. The van der Waals surface area contributed by atoms with Crippen molar-refractivity contribution in [1.82, 2.24) is 10.2 Å². The van der Waals surface area contributed by atoms with E-state index in [9.17, 15) is 9.59 Å². The summed E-state index contributed by atoms with van der Waals surface area (Å²) < 4.78 is 0. The molecule has 18 heavy (non-hydrogen) atoms. The molecule has 0 bridgehead atoms. The second kappa shape index (κ2) is 5.72. The van der Waals surface area contributed by atoms with Crippen molar-refractivity contribution < 1.29 is 9.59 Å². The molecule has 4 heteroatoms. The van der Waals surface area contributed by atoms with Gasteiger partial charge in [0.05, 0.1) is 0 Å². The molecule has 0 spiro atoms. The predicted molar refractivity (Wildman–Crippen MR) is 70.0 cm³/mol. The highest BCUT2D eigenvalue weighted by Crippen LogP contribution is 2.26. The lowest BCUT2D eigenvalue weighted by atomic mass is 9.88. The van der Waals surface area contributed by atoms with Crippen LogP contribution in [0.2, 0.25) is 0 Å². The van der Waals surface area contributed by atoms with Gasteiger partial charge in [-0.2, -0.15) is 0 Å². The van der Waals surface area contributed by atoms with Gasteiger partial charge in [-0.1, -0.05) is 26.2 Å². The van der Waals surface area contributed by atoms with E-state index >= 15 is 0 Å². The molecule has 1 saturated heterocycles. The zero-order valence-corrected chi connectivity index (χ0v) is 11.4. The lowest BCUT2D eigenvalue weighted by Crippen LogP contribution is -2.63. The van der Waals surface area contributed by atoms with Crippen LogP contribution in [0.1, 0.15) is 52.4 Å². The Morgan fingerprint density at radius 2 is 1.89 bits per heavy atom. The van der Waals surface area contributed by atoms with E-state index in [0.29, 0.717) is 12.3 Å². The fourth-order valence-corrected chi connectivity index (χ4v) is 3.19. The molecule has 1 aliphatic heterocycles. The van der Waals surface area contributed by atoms with Crippen molar-refractivity contribution in [3.63, 3.8) is 0 Å². The average molecular weight is 252 g/mol. The first-order valence-electron chi connectivity index (χ1n) is 7.24. The third kappa shape index (κ3) is 2.68. The molecule has 1 heterocycles. The van der Waals surface area contributed by atoms with E-state index in [4.69, 9.17) is 0 Å². The van der Waals surface area contributed by atoms with E-state index in [1.807, 2.05) is 11.8 Å². The Morgan fingerprint density at radius 3 is 2.50 bits per heavy atom. The molecule has 102 valence electrons. The summed E-state index contributed by atoms with van der Waals surface area (Å²) >= 11 is 0. The van der Waals surface area contributed by atoms with E-state index in [2.05, 4.69) is 5.32 Å². The Kier molecular flexibility index (Phi) is 4.25. The quantitative estimate of drug-likeness (QED) is 0.831. The number of hydrogen-bond donors (Lipinski definition) is 1. The summed E-state index contributed by atoms with van der Waals surface area (Å²) in [6, 6.07) is -0.612. The first-order chi connectivity index (χ1) is 8.63. The van der Waals surface area contributed by atoms with Crippen LogP contribution >= 0.6 is 0 Å². The van der Waals surface area contributed by atoms with E-state index in [1.54, 1.807) is 6.92 Å². The van der Waals surface area contributed by atoms with Gasteiger partial charge in [-0.05, 0) is 32.1 Å². The van der Waals surface area contributed by atoms with E-state index in [1.165, 1.54) is 32.1 Å². The first kappa shape index (κ1) is 13.4. The van der Waals surface area contributed by atoms with Gasteiger partial charge < -0.3 is 10.2 Å². The van der Waals surface area contributed by atoms with Crippen molar-refractivity contribution in [3.8, 4) is 0 Å².